The van der Waals surface area contributed by atoms with E-state index in [9.17, 15) is 9.59 Å². The van der Waals surface area contributed by atoms with Crippen LogP contribution in [0.4, 0.5) is 11.4 Å². The standard InChI is InChI=1S/C20H22N2O3/c1-4-21(16-7-5-6-14(2)10-16)19(23)12-22-17-9-8-15(3)11-18(17)25-13-20(22)24/h5-11H,4,12-13H2,1-3H3. The van der Waals surface area contributed by atoms with E-state index in [-0.39, 0.29) is 25.0 Å². The van der Waals surface area contributed by atoms with Gasteiger partial charge in [0.2, 0.25) is 5.91 Å². The molecular weight excluding hydrogens is 316 g/mol. The number of likely N-dealkylation sites (N-methyl/N-ethyl adjacent to an activating group) is 1. The van der Waals surface area contributed by atoms with Gasteiger partial charge in [-0.3, -0.25) is 14.5 Å². The van der Waals surface area contributed by atoms with Crippen molar-refractivity contribution in [2.24, 2.45) is 0 Å². The molecule has 2 amide bonds. The molecule has 2 aromatic rings. The highest BCUT2D eigenvalue weighted by Crippen LogP contribution is 2.33. The summed E-state index contributed by atoms with van der Waals surface area (Å²) in [5.41, 5.74) is 3.63. The predicted octanol–water partition coefficient (Wildman–Crippen LogP) is 3.08. The van der Waals surface area contributed by atoms with Gasteiger partial charge in [0, 0.05) is 12.2 Å². The van der Waals surface area contributed by atoms with Crippen molar-refractivity contribution in [2.75, 3.05) is 29.5 Å². The minimum atomic E-state index is -0.204. The van der Waals surface area contributed by atoms with Gasteiger partial charge >= 0.3 is 0 Å². The first-order chi connectivity index (χ1) is 12.0. The molecule has 5 nitrogen and oxygen atoms in total. The third-order valence-electron chi connectivity index (χ3n) is 4.28. The molecule has 5 heteroatoms. The van der Waals surface area contributed by atoms with Gasteiger partial charge in [-0.2, -0.15) is 0 Å². The van der Waals surface area contributed by atoms with Crippen molar-refractivity contribution in [1.29, 1.82) is 0 Å². The van der Waals surface area contributed by atoms with Crippen LogP contribution in [0.5, 0.6) is 5.75 Å². The van der Waals surface area contributed by atoms with Crippen LogP contribution in [0.1, 0.15) is 18.1 Å². The zero-order valence-corrected chi connectivity index (χ0v) is 14.8. The highest BCUT2D eigenvalue weighted by atomic mass is 16.5. The number of benzene rings is 2. The highest BCUT2D eigenvalue weighted by Gasteiger charge is 2.29. The van der Waals surface area contributed by atoms with E-state index >= 15 is 0 Å². The molecule has 0 aliphatic carbocycles. The lowest BCUT2D eigenvalue weighted by molar-refractivity contribution is -0.124. The van der Waals surface area contributed by atoms with E-state index in [0.29, 0.717) is 18.0 Å². The second-order valence-corrected chi connectivity index (χ2v) is 6.22. The quantitative estimate of drug-likeness (QED) is 0.861. The lowest BCUT2D eigenvalue weighted by Gasteiger charge is -2.31. The summed E-state index contributed by atoms with van der Waals surface area (Å²) < 4.78 is 5.50. The maximum absolute atomic E-state index is 12.9. The normalized spacial score (nSPS) is 13.2. The third-order valence-corrected chi connectivity index (χ3v) is 4.28. The molecule has 25 heavy (non-hydrogen) atoms. The third kappa shape index (κ3) is 3.50. The van der Waals surface area contributed by atoms with E-state index in [4.69, 9.17) is 4.74 Å². The number of nitrogens with zero attached hydrogens (tertiary/aromatic N) is 2. The Hall–Kier alpha value is -2.82. The Balaban J connectivity index is 1.86. The molecule has 130 valence electrons. The van der Waals surface area contributed by atoms with E-state index in [2.05, 4.69) is 0 Å². The zero-order valence-electron chi connectivity index (χ0n) is 14.8. The largest absolute Gasteiger partial charge is 0.482 e. The van der Waals surface area contributed by atoms with Gasteiger partial charge in [-0.05, 0) is 56.2 Å². The number of aryl methyl sites for hydroxylation is 2. The van der Waals surface area contributed by atoms with Crippen LogP contribution in [0.25, 0.3) is 0 Å². The Morgan fingerprint density at radius 1 is 1.16 bits per heavy atom. The minimum Gasteiger partial charge on any atom is -0.482 e. The second-order valence-electron chi connectivity index (χ2n) is 6.22. The van der Waals surface area contributed by atoms with Crippen molar-refractivity contribution >= 4 is 23.2 Å². The van der Waals surface area contributed by atoms with Crippen LogP contribution in [-0.2, 0) is 9.59 Å². The lowest BCUT2D eigenvalue weighted by Crippen LogP contribution is -2.46. The first kappa shape index (κ1) is 17.0. The molecule has 1 heterocycles. The molecule has 3 rings (SSSR count). The lowest BCUT2D eigenvalue weighted by atomic mass is 10.1. The minimum absolute atomic E-state index is 0.0000359. The van der Waals surface area contributed by atoms with Crippen LogP contribution >= 0.6 is 0 Å². The van der Waals surface area contributed by atoms with Crippen molar-refractivity contribution in [3.63, 3.8) is 0 Å². The molecule has 0 radical (unpaired) electrons. The van der Waals surface area contributed by atoms with Crippen LogP contribution in [0.2, 0.25) is 0 Å². The first-order valence-corrected chi connectivity index (χ1v) is 8.40. The van der Waals surface area contributed by atoms with E-state index in [1.807, 2.05) is 63.2 Å². The monoisotopic (exact) mass is 338 g/mol. The zero-order chi connectivity index (χ0) is 18.0. The van der Waals surface area contributed by atoms with Gasteiger partial charge in [0.1, 0.15) is 12.3 Å². The number of ether oxygens (including phenoxy) is 1. The molecule has 2 aromatic carbocycles. The van der Waals surface area contributed by atoms with Gasteiger partial charge in [-0.25, -0.2) is 0 Å². The number of hydrogen-bond acceptors (Lipinski definition) is 3. The molecule has 0 saturated heterocycles. The Labute approximate surface area is 147 Å². The van der Waals surface area contributed by atoms with Crippen LogP contribution < -0.4 is 14.5 Å². The van der Waals surface area contributed by atoms with Gasteiger partial charge < -0.3 is 9.64 Å². The fourth-order valence-corrected chi connectivity index (χ4v) is 3.00. The Morgan fingerprint density at radius 2 is 1.92 bits per heavy atom. The van der Waals surface area contributed by atoms with Gasteiger partial charge in [0.15, 0.2) is 6.61 Å². The van der Waals surface area contributed by atoms with Crippen LogP contribution in [0.3, 0.4) is 0 Å². The van der Waals surface area contributed by atoms with Gasteiger partial charge in [0.25, 0.3) is 5.91 Å². The molecule has 0 bridgehead atoms. The van der Waals surface area contributed by atoms with Crippen LogP contribution in [-0.4, -0.2) is 31.5 Å². The van der Waals surface area contributed by atoms with Crippen LogP contribution in [0, 0.1) is 13.8 Å². The molecule has 1 aliphatic rings. The summed E-state index contributed by atoms with van der Waals surface area (Å²) in [6.07, 6.45) is 0. The van der Waals surface area contributed by atoms with Gasteiger partial charge in [0.05, 0.1) is 5.69 Å². The van der Waals surface area contributed by atoms with E-state index < -0.39 is 0 Å². The van der Waals surface area contributed by atoms with Crippen molar-refractivity contribution < 1.29 is 14.3 Å². The van der Waals surface area contributed by atoms with Crippen molar-refractivity contribution in [3.8, 4) is 5.75 Å². The van der Waals surface area contributed by atoms with E-state index in [0.717, 1.165) is 16.8 Å². The van der Waals surface area contributed by atoms with Crippen LogP contribution in [0.15, 0.2) is 42.5 Å². The highest BCUT2D eigenvalue weighted by molar-refractivity contribution is 6.05. The van der Waals surface area contributed by atoms with E-state index in [1.165, 1.54) is 4.90 Å². The topological polar surface area (TPSA) is 49.9 Å². The number of carbonyl (C=O) groups excluding carboxylic acids is 2. The number of fused-ring (bicyclic) bond motifs is 1. The summed E-state index contributed by atoms with van der Waals surface area (Å²) in [7, 11) is 0. The number of carbonyl (C=O) groups is 2. The summed E-state index contributed by atoms with van der Waals surface area (Å²) in [5, 5.41) is 0. The fraction of sp³-hybridized carbons (Fsp3) is 0.300. The summed E-state index contributed by atoms with van der Waals surface area (Å²) in [6.45, 7) is 6.39. The Morgan fingerprint density at radius 3 is 2.64 bits per heavy atom. The maximum Gasteiger partial charge on any atom is 0.265 e. The average molecular weight is 338 g/mol. The molecule has 0 unspecified atom stereocenters. The molecule has 0 spiro atoms. The van der Waals surface area contributed by atoms with Gasteiger partial charge in [-0.15, -0.1) is 0 Å². The first-order valence-electron chi connectivity index (χ1n) is 8.40. The number of amides is 2. The summed E-state index contributed by atoms with van der Waals surface area (Å²) >= 11 is 0. The number of anilines is 2. The van der Waals surface area contributed by atoms with Gasteiger partial charge in [-0.1, -0.05) is 18.2 Å². The molecule has 0 aromatic heterocycles. The van der Waals surface area contributed by atoms with E-state index in [1.54, 1.807) is 4.90 Å². The Bertz CT molecular complexity index is 816. The molecule has 0 atom stereocenters. The number of hydrogen-bond donors (Lipinski definition) is 0. The fourth-order valence-electron chi connectivity index (χ4n) is 3.00. The second kappa shape index (κ2) is 6.97. The summed E-state index contributed by atoms with van der Waals surface area (Å²) in [6, 6.07) is 13.4. The summed E-state index contributed by atoms with van der Waals surface area (Å²) in [4.78, 5) is 28.4. The average Bonchev–Trinajstić information content (AvgIpc) is 2.58. The number of rotatable bonds is 4. The molecule has 0 saturated carbocycles. The molecular formula is C20H22N2O3. The van der Waals surface area contributed by atoms with Crippen molar-refractivity contribution in [2.45, 2.75) is 20.8 Å². The summed E-state index contributed by atoms with van der Waals surface area (Å²) in [5.74, 6) is 0.325. The Kier molecular flexibility index (Phi) is 4.74. The predicted molar refractivity (Wildman–Crippen MR) is 98.2 cm³/mol. The van der Waals surface area contributed by atoms with Crippen molar-refractivity contribution in [1.82, 2.24) is 0 Å². The SMILES string of the molecule is CCN(C(=O)CN1C(=O)COc2cc(C)ccc21)c1cccc(C)c1. The molecule has 0 fully saturated rings. The maximum atomic E-state index is 12.9. The molecule has 0 N–H and O–H groups in total. The smallest absolute Gasteiger partial charge is 0.265 e. The van der Waals surface area contributed by atoms with Crippen molar-refractivity contribution in [3.05, 3.63) is 53.6 Å². The molecule has 1 aliphatic heterocycles.